The molecule has 0 radical (unpaired) electrons. The van der Waals surface area contributed by atoms with E-state index < -0.39 is 0 Å². The molecule has 2 rings (SSSR count). The lowest BCUT2D eigenvalue weighted by Crippen LogP contribution is -2.16. The topological polar surface area (TPSA) is 43.7 Å². The number of oxime groups is 1. The zero-order chi connectivity index (χ0) is 9.26. The number of hydrogen-bond acceptors (Lipinski definition) is 4. The highest BCUT2D eigenvalue weighted by atomic mass is 16.6. The van der Waals surface area contributed by atoms with Gasteiger partial charge in [0.25, 0.3) is 0 Å². The minimum Gasteiger partial charge on any atom is -0.467 e. The van der Waals surface area contributed by atoms with E-state index in [0.29, 0.717) is 5.88 Å². The van der Waals surface area contributed by atoms with Gasteiger partial charge in [0.2, 0.25) is 5.88 Å². The predicted molar refractivity (Wildman–Crippen MR) is 47.9 cm³/mol. The third-order valence-corrected chi connectivity index (χ3v) is 1.91. The Morgan fingerprint density at radius 1 is 1.62 bits per heavy atom. The standard InChI is InChI=1S/C9H10N2O2/c1-6-8(11-12-2)7-4-3-5-10-9(7)13-6/h3-6H,1-2H3. The van der Waals surface area contributed by atoms with Crippen LogP contribution in [0.5, 0.6) is 5.88 Å². The molecular formula is C9H10N2O2. The van der Waals surface area contributed by atoms with Crippen molar-refractivity contribution in [3.63, 3.8) is 0 Å². The summed E-state index contributed by atoms with van der Waals surface area (Å²) in [6, 6.07) is 3.77. The SMILES string of the molecule is CON=C1c2cccnc2OC1C. The number of ether oxygens (including phenoxy) is 1. The number of nitrogens with zero attached hydrogens (tertiary/aromatic N) is 2. The largest absolute Gasteiger partial charge is 0.467 e. The van der Waals surface area contributed by atoms with Crippen LogP contribution in [0.2, 0.25) is 0 Å². The first-order chi connectivity index (χ1) is 6.33. The molecule has 1 aliphatic rings. The van der Waals surface area contributed by atoms with E-state index in [4.69, 9.17) is 9.57 Å². The van der Waals surface area contributed by atoms with Gasteiger partial charge < -0.3 is 9.57 Å². The van der Waals surface area contributed by atoms with Gasteiger partial charge in [-0.2, -0.15) is 0 Å². The van der Waals surface area contributed by atoms with Crippen molar-refractivity contribution < 1.29 is 9.57 Å². The van der Waals surface area contributed by atoms with Crippen LogP contribution in [0.15, 0.2) is 23.5 Å². The zero-order valence-electron chi connectivity index (χ0n) is 7.52. The second-order valence-corrected chi connectivity index (χ2v) is 2.78. The third-order valence-electron chi connectivity index (χ3n) is 1.91. The summed E-state index contributed by atoms with van der Waals surface area (Å²) in [5.41, 5.74) is 1.71. The smallest absolute Gasteiger partial charge is 0.223 e. The van der Waals surface area contributed by atoms with Gasteiger partial charge in [0.1, 0.15) is 18.9 Å². The molecule has 0 fully saturated rings. The van der Waals surface area contributed by atoms with Gasteiger partial charge in [0, 0.05) is 6.20 Å². The fraction of sp³-hybridized carbons (Fsp3) is 0.333. The summed E-state index contributed by atoms with van der Waals surface area (Å²) in [7, 11) is 1.52. The Balaban J connectivity index is 2.46. The molecule has 0 bridgehead atoms. The third kappa shape index (κ3) is 1.24. The first-order valence-electron chi connectivity index (χ1n) is 4.06. The zero-order valence-corrected chi connectivity index (χ0v) is 7.52. The lowest BCUT2D eigenvalue weighted by Gasteiger charge is -2.01. The fourth-order valence-electron chi connectivity index (χ4n) is 1.34. The molecule has 0 spiro atoms. The summed E-state index contributed by atoms with van der Waals surface area (Å²) in [6.07, 6.45) is 1.62. The van der Waals surface area contributed by atoms with E-state index in [1.165, 1.54) is 7.11 Å². The molecule has 0 saturated carbocycles. The van der Waals surface area contributed by atoms with Crippen LogP contribution in [0.3, 0.4) is 0 Å². The molecule has 1 unspecified atom stereocenters. The van der Waals surface area contributed by atoms with E-state index in [-0.39, 0.29) is 6.10 Å². The normalized spacial score (nSPS) is 22.6. The van der Waals surface area contributed by atoms with Gasteiger partial charge in [0.05, 0.1) is 5.56 Å². The van der Waals surface area contributed by atoms with Crippen LogP contribution in [0.1, 0.15) is 12.5 Å². The van der Waals surface area contributed by atoms with Crippen LogP contribution in [0.25, 0.3) is 0 Å². The molecule has 4 nitrogen and oxygen atoms in total. The molecule has 0 saturated heterocycles. The number of pyridine rings is 1. The van der Waals surface area contributed by atoms with Gasteiger partial charge in [-0.15, -0.1) is 0 Å². The van der Waals surface area contributed by atoms with Crippen molar-refractivity contribution in [1.82, 2.24) is 4.98 Å². The summed E-state index contributed by atoms with van der Waals surface area (Å²) in [5, 5.41) is 3.90. The maximum Gasteiger partial charge on any atom is 0.223 e. The highest BCUT2D eigenvalue weighted by Gasteiger charge is 2.28. The van der Waals surface area contributed by atoms with Crippen LogP contribution in [-0.2, 0) is 4.84 Å². The van der Waals surface area contributed by atoms with Crippen LogP contribution >= 0.6 is 0 Å². The summed E-state index contributed by atoms with van der Waals surface area (Å²) in [4.78, 5) is 8.82. The van der Waals surface area contributed by atoms with E-state index in [1.807, 2.05) is 19.1 Å². The Labute approximate surface area is 76.2 Å². The Hall–Kier alpha value is -1.58. The van der Waals surface area contributed by atoms with Crippen molar-refractivity contribution >= 4 is 5.71 Å². The van der Waals surface area contributed by atoms with E-state index in [1.54, 1.807) is 6.20 Å². The molecule has 13 heavy (non-hydrogen) atoms. The monoisotopic (exact) mass is 178 g/mol. The maximum absolute atomic E-state index is 5.45. The lowest BCUT2D eigenvalue weighted by molar-refractivity contribution is 0.207. The van der Waals surface area contributed by atoms with Gasteiger partial charge in [-0.25, -0.2) is 4.98 Å². The maximum atomic E-state index is 5.45. The highest BCUT2D eigenvalue weighted by molar-refractivity contribution is 6.07. The van der Waals surface area contributed by atoms with E-state index in [0.717, 1.165) is 11.3 Å². The van der Waals surface area contributed by atoms with Crippen molar-refractivity contribution in [1.29, 1.82) is 0 Å². The quantitative estimate of drug-likeness (QED) is 0.607. The number of hydrogen-bond donors (Lipinski definition) is 0. The van der Waals surface area contributed by atoms with Crippen LogP contribution in [0, 0.1) is 0 Å². The molecule has 4 heteroatoms. The van der Waals surface area contributed by atoms with Crippen molar-refractivity contribution in [3.8, 4) is 5.88 Å². The number of rotatable bonds is 1. The molecule has 1 aliphatic heterocycles. The Kier molecular flexibility index (Phi) is 1.88. The Bertz CT molecular complexity index is 349. The minimum absolute atomic E-state index is 0.0788. The fourth-order valence-corrected chi connectivity index (χ4v) is 1.34. The predicted octanol–water partition coefficient (Wildman–Crippen LogP) is 1.21. The average Bonchev–Trinajstić information content (AvgIpc) is 2.44. The van der Waals surface area contributed by atoms with Gasteiger partial charge in [-0.05, 0) is 19.1 Å². The molecule has 1 atom stereocenters. The van der Waals surface area contributed by atoms with Crippen molar-refractivity contribution in [2.75, 3.05) is 7.11 Å². The number of aromatic nitrogens is 1. The van der Waals surface area contributed by atoms with Crippen LogP contribution in [-0.4, -0.2) is 23.9 Å². The van der Waals surface area contributed by atoms with Gasteiger partial charge >= 0.3 is 0 Å². The Morgan fingerprint density at radius 2 is 2.46 bits per heavy atom. The average molecular weight is 178 g/mol. The molecule has 0 aliphatic carbocycles. The minimum atomic E-state index is -0.0788. The lowest BCUT2D eigenvalue weighted by atomic mass is 10.1. The van der Waals surface area contributed by atoms with Gasteiger partial charge in [0.15, 0.2) is 0 Å². The highest BCUT2D eigenvalue weighted by Crippen LogP contribution is 2.25. The van der Waals surface area contributed by atoms with Crippen LogP contribution in [0.4, 0.5) is 0 Å². The second kappa shape index (κ2) is 3.05. The summed E-state index contributed by atoms with van der Waals surface area (Å²) < 4.78 is 5.45. The molecule has 1 aromatic rings. The first kappa shape index (κ1) is 8.04. The van der Waals surface area contributed by atoms with Gasteiger partial charge in [-0.3, -0.25) is 0 Å². The molecule has 68 valence electrons. The summed E-state index contributed by atoms with van der Waals surface area (Å²) in [5.74, 6) is 0.630. The second-order valence-electron chi connectivity index (χ2n) is 2.78. The van der Waals surface area contributed by atoms with Crippen molar-refractivity contribution in [2.24, 2.45) is 5.16 Å². The molecule has 2 heterocycles. The number of fused-ring (bicyclic) bond motifs is 1. The first-order valence-corrected chi connectivity index (χ1v) is 4.06. The summed E-state index contributed by atoms with van der Waals surface area (Å²) in [6.45, 7) is 1.92. The van der Waals surface area contributed by atoms with Crippen molar-refractivity contribution in [2.45, 2.75) is 13.0 Å². The van der Waals surface area contributed by atoms with E-state index in [9.17, 15) is 0 Å². The van der Waals surface area contributed by atoms with Crippen LogP contribution < -0.4 is 4.74 Å². The molecular weight excluding hydrogens is 168 g/mol. The molecule has 0 amide bonds. The molecule has 0 N–H and O–H groups in total. The van der Waals surface area contributed by atoms with Gasteiger partial charge in [-0.1, -0.05) is 5.16 Å². The molecule has 1 aromatic heterocycles. The van der Waals surface area contributed by atoms with E-state index >= 15 is 0 Å². The molecule has 0 aromatic carbocycles. The summed E-state index contributed by atoms with van der Waals surface area (Å²) >= 11 is 0. The Morgan fingerprint density at radius 3 is 3.23 bits per heavy atom. The van der Waals surface area contributed by atoms with E-state index in [2.05, 4.69) is 10.1 Å². The van der Waals surface area contributed by atoms with Crippen molar-refractivity contribution in [3.05, 3.63) is 23.9 Å².